The molecule has 1 aromatic heterocycles. The predicted octanol–water partition coefficient (Wildman–Crippen LogP) is 5.79. The van der Waals surface area contributed by atoms with E-state index in [0.717, 1.165) is 43.8 Å². The molecule has 4 rings (SSSR count). The Morgan fingerprint density at radius 3 is 2.67 bits per heavy atom. The van der Waals surface area contributed by atoms with Gasteiger partial charge in [0.2, 0.25) is 0 Å². The predicted molar refractivity (Wildman–Crippen MR) is 134 cm³/mol. The van der Waals surface area contributed by atoms with Gasteiger partial charge in [-0.25, -0.2) is 4.98 Å². The van der Waals surface area contributed by atoms with E-state index >= 15 is 0 Å². The highest BCUT2D eigenvalue weighted by Crippen LogP contribution is 2.30. The molecule has 0 radical (unpaired) electrons. The van der Waals surface area contributed by atoms with Crippen molar-refractivity contribution in [2.24, 2.45) is 0 Å². The first-order valence-corrected chi connectivity index (χ1v) is 12.1. The molecule has 2 unspecified atom stereocenters. The molecule has 0 saturated heterocycles. The van der Waals surface area contributed by atoms with Crippen LogP contribution in [0.2, 0.25) is 0 Å². The van der Waals surface area contributed by atoms with Gasteiger partial charge in [-0.2, -0.15) is 0 Å². The van der Waals surface area contributed by atoms with Crippen LogP contribution in [0.3, 0.4) is 0 Å². The fourth-order valence-electron chi connectivity index (χ4n) is 4.12. The summed E-state index contributed by atoms with van der Waals surface area (Å²) in [6, 6.07) is 18.7. The Morgan fingerprint density at radius 1 is 1.18 bits per heavy atom. The lowest BCUT2D eigenvalue weighted by Crippen LogP contribution is -2.33. The number of methoxy groups -OCH3 is 1. The molecule has 1 aliphatic rings. The van der Waals surface area contributed by atoms with Crippen LogP contribution in [0.4, 0.5) is 0 Å². The Hall–Kier alpha value is -3.08. The maximum atomic E-state index is 12.7. The van der Waals surface area contributed by atoms with E-state index in [9.17, 15) is 4.79 Å². The summed E-state index contributed by atoms with van der Waals surface area (Å²) in [5.41, 5.74) is 3.08. The minimum absolute atomic E-state index is 0.0876. The van der Waals surface area contributed by atoms with Crippen LogP contribution in [0, 0.1) is 0 Å². The molecule has 0 spiro atoms. The lowest BCUT2D eigenvalue weighted by atomic mass is 9.91. The third-order valence-electron chi connectivity index (χ3n) is 5.88. The van der Waals surface area contributed by atoms with Gasteiger partial charge in [-0.1, -0.05) is 62.7 Å². The summed E-state index contributed by atoms with van der Waals surface area (Å²) >= 11 is 0. The molecule has 0 bridgehead atoms. The first-order valence-electron chi connectivity index (χ1n) is 12.1. The molecule has 176 valence electrons. The van der Waals surface area contributed by atoms with Gasteiger partial charge in [0.1, 0.15) is 17.3 Å². The highest BCUT2D eigenvalue weighted by atomic mass is 16.5. The van der Waals surface area contributed by atoms with Gasteiger partial charge in [-0.05, 0) is 49.4 Å². The molecule has 2 atom stereocenters. The quantitative estimate of drug-likeness (QED) is 0.499. The number of hydrogen-bond donors (Lipinski definition) is 1. The number of rotatable bonds is 7. The number of aromatic nitrogens is 2. The molecular formula is C28H37N3O2. The topological polar surface area (TPSA) is 56.1 Å². The van der Waals surface area contributed by atoms with Crippen LogP contribution in [0.5, 0.6) is 5.75 Å². The van der Waals surface area contributed by atoms with Gasteiger partial charge >= 0.3 is 0 Å². The van der Waals surface area contributed by atoms with Crippen molar-refractivity contribution in [3.05, 3.63) is 83.4 Å². The van der Waals surface area contributed by atoms with Gasteiger partial charge in [0, 0.05) is 31.1 Å². The Labute approximate surface area is 198 Å². The number of amides is 1. The van der Waals surface area contributed by atoms with E-state index in [-0.39, 0.29) is 11.9 Å². The second-order valence-corrected chi connectivity index (χ2v) is 8.81. The van der Waals surface area contributed by atoms with Crippen molar-refractivity contribution in [2.75, 3.05) is 7.11 Å². The Bertz CT molecular complexity index is 1010. The van der Waals surface area contributed by atoms with Gasteiger partial charge in [-0.3, -0.25) is 4.79 Å². The second-order valence-electron chi connectivity index (χ2n) is 8.81. The average Bonchev–Trinajstić information content (AvgIpc) is 3.28. The molecule has 2 aromatic carbocycles. The summed E-state index contributed by atoms with van der Waals surface area (Å²) in [4.78, 5) is 17.3. The number of imidazole rings is 1. The van der Waals surface area contributed by atoms with Crippen LogP contribution in [0.25, 0.3) is 0 Å². The monoisotopic (exact) mass is 447 g/mol. The molecule has 1 N–H and O–H groups in total. The fourth-order valence-corrected chi connectivity index (χ4v) is 4.12. The highest BCUT2D eigenvalue weighted by Gasteiger charge is 2.24. The number of ether oxygens (including phenoxy) is 1. The number of carbonyl (C=O) groups excluding carboxylic acids is 1. The van der Waals surface area contributed by atoms with Crippen molar-refractivity contribution < 1.29 is 9.53 Å². The van der Waals surface area contributed by atoms with E-state index in [4.69, 9.17) is 4.74 Å². The van der Waals surface area contributed by atoms with Gasteiger partial charge in [-0.15, -0.1) is 0 Å². The number of benzene rings is 2. The van der Waals surface area contributed by atoms with E-state index in [0.29, 0.717) is 11.6 Å². The highest BCUT2D eigenvalue weighted by molar-refractivity contribution is 5.92. The summed E-state index contributed by atoms with van der Waals surface area (Å²) in [5, 5.41) is 3.10. The van der Waals surface area contributed by atoms with Crippen molar-refractivity contribution in [1.82, 2.24) is 14.9 Å². The number of nitrogens with one attached hydrogen (secondary N) is 1. The third-order valence-corrected chi connectivity index (χ3v) is 5.88. The number of fused-ring (bicyclic) bond motifs is 1. The molecule has 0 aliphatic carbocycles. The van der Waals surface area contributed by atoms with E-state index < -0.39 is 0 Å². The molecule has 0 saturated carbocycles. The van der Waals surface area contributed by atoms with Crippen LogP contribution >= 0.6 is 0 Å². The van der Waals surface area contributed by atoms with Crippen LogP contribution < -0.4 is 10.1 Å². The maximum absolute atomic E-state index is 12.7. The van der Waals surface area contributed by atoms with E-state index in [2.05, 4.69) is 59.9 Å². The molecule has 3 aromatic rings. The Morgan fingerprint density at radius 2 is 1.94 bits per heavy atom. The zero-order valence-corrected chi connectivity index (χ0v) is 20.4. The summed E-state index contributed by atoms with van der Waals surface area (Å²) in [6.45, 7) is 7.14. The van der Waals surface area contributed by atoms with E-state index in [1.165, 1.54) is 17.5 Å². The van der Waals surface area contributed by atoms with Crippen molar-refractivity contribution in [1.29, 1.82) is 0 Å². The molecule has 0 fully saturated rings. The largest absolute Gasteiger partial charge is 0.497 e. The smallest absolute Gasteiger partial charge is 0.271 e. The third kappa shape index (κ3) is 6.95. The molecule has 5 nitrogen and oxygen atoms in total. The van der Waals surface area contributed by atoms with Gasteiger partial charge < -0.3 is 14.6 Å². The summed E-state index contributed by atoms with van der Waals surface area (Å²) < 4.78 is 7.50. The van der Waals surface area contributed by atoms with E-state index in [1.54, 1.807) is 7.11 Å². The van der Waals surface area contributed by atoms with Crippen LogP contribution in [-0.2, 0) is 19.4 Å². The van der Waals surface area contributed by atoms with Crippen molar-refractivity contribution in [2.45, 2.75) is 71.4 Å². The first-order chi connectivity index (χ1) is 16.0. The van der Waals surface area contributed by atoms with Crippen molar-refractivity contribution >= 4 is 5.91 Å². The Balaban J connectivity index is 0.000000968. The van der Waals surface area contributed by atoms with Crippen LogP contribution in [0.15, 0.2) is 60.8 Å². The Kier molecular flexibility index (Phi) is 9.11. The summed E-state index contributed by atoms with van der Waals surface area (Å²) in [6.07, 6.45) is 6.91. The SMILES string of the molecule is CCC.COc1cccc(C2CCc3nc(C(=O)NC(C)CCc4ccccc4)cn3C2)c1. The maximum Gasteiger partial charge on any atom is 0.271 e. The summed E-state index contributed by atoms with van der Waals surface area (Å²) in [7, 11) is 1.69. The second kappa shape index (κ2) is 12.2. The molecule has 1 aliphatic heterocycles. The average molecular weight is 448 g/mol. The first kappa shape index (κ1) is 24.6. The van der Waals surface area contributed by atoms with Gasteiger partial charge in [0.25, 0.3) is 5.91 Å². The fraction of sp³-hybridized carbons (Fsp3) is 0.429. The summed E-state index contributed by atoms with van der Waals surface area (Å²) in [5.74, 6) is 2.20. The number of hydrogen-bond acceptors (Lipinski definition) is 3. The lowest BCUT2D eigenvalue weighted by Gasteiger charge is -2.24. The number of nitrogens with zero attached hydrogens (tertiary/aromatic N) is 2. The molecular weight excluding hydrogens is 410 g/mol. The van der Waals surface area contributed by atoms with Crippen molar-refractivity contribution in [3.8, 4) is 5.75 Å². The van der Waals surface area contributed by atoms with Crippen molar-refractivity contribution in [3.63, 3.8) is 0 Å². The van der Waals surface area contributed by atoms with Gasteiger partial charge in [0.15, 0.2) is 0 Å². The van der Waals surface area contributed by atoms with Gasteiger partial charge in [0.05, 0.1) is 7.11 Å². The standard InChI is InChI=1S/C25H29N3O2.C3H8/c1-18(11-12-19-7-4-3-5-8-19)26-25(29)23-17-28-16-21(13-14-24(28)27-23)20-9-6-10-22(15-20)30-2;1-3-2/h3-10,15,17-18,21H,11-14,16H2,1-2H3,(H,26,29);3H2,1-2H3. The normalized spacial score (nSPS) is 15.6. The van der Waals surface area contributed by atoms with Crippen LogP contribution in [-0.4, -0.2) is 28.6 Å². The molecule has 5 heteroatoms. The minimum Gasteiger partial charge on any atom is -0.497 e. The zero-order chi connectivity index (χ0) is 23.6. The number of aryl methyl sites for hydroxylation is 2. The number of carbonyl (C=O) groups is 1. The zero-order valence-electron chi connectivity index (χ0n) is 20.4. The molecule has 2 heterocycles. The molecule has 33 heavy (non-hydrogen) atoms. The lowest BCUT2D eigenvalue weighted by molar-refractivity contribution is 0.0933. The van der Waals surface area contributed by atoms with E-state index in [1.807, 2.05) is 36.5 Å². The molecule has 1 amide bonds. The minimum atomic E-state index is -0.0876. The van der Waals surface area contributed by atoms with Crippen LogP contribution in [0.1, 0.15) is 73.4 Å².